The van der Waals surface area contributed by atoms with Crippen LogP contribution in [0.15, 0.2) is 24.3 Å². The standard InChI is InChI=1S/C12H6N2O2/c13-6-12(7-14)5-10(15)8-3-1-2-4-9(8)11(12)16/h1-4H,5H2. The first-order valence-corrected chi connectivity index (χ1v) is 4.64. The SMILES string of the molecule is N#CC1(C#N)CC(=O)c2ccccc2C1=O. The Morgan fingerprint density at radius 2 is 1.62 bits per heavy atom. The fourth-order valence-corrected chi connectivity index (χ4v) is 1.78. The van der Waals surface area contributed by atoms with Crippen molar-refractivity contribution in [1.82, 2.24) is 0 Å². The minimum Gasteiger partial charge on any atom is -0.294 e. The minimum atomic E-state index is -1.84. The summed E-state index contributed by atoms with van der Waals surface area (Å²) < 4.78 is 0. The molecule has 0 saturated heterocycles. The fourth-order valence-electron chi connectivity index (χ4n) is 1.78. The molecule has 1 aliphatic carbocycles. The highest BCUT2D eigenvalue weighted by Crippen LogP contribution is 2.34. The molecule has 1 aromatic rings. The van der Waals surface area contributed by atoms with E-state index in [1.165, 1.54) is 12.1 Å². The van der Waals surface area contributed by atoms with Gasteiger partial charge in [0.1, 0.15) is 0 Å². The number of rotatable bonds is 0. The monoisotopic (exact) mass is 210 g/mol. The van der Waals surface area contributed by atoms with Crippen LogP contribution in [0, 0.1) is 28.1 Å². The van der Waals surface area contributed by atoms with Crippen LogP contribution in [0.4, 0.5) is 0 Å². The number of carbonyl (C=O) groups excluding carboxylic acids is 2. The van der Waals surface area contributed by atoms with Gasteiger partial charge in [-0.05, 0) is 0 Å². The van der Waals surface area contributed by atoms with Crippen molar-refractivity contribution in [3.8, 4) is 12.1 Å². The van der Waals surface area contributed by atoms with Crippen molar-refractivity contribution in [2.45, 2.75) is 6.42 Å². The number of nitriles is 2. The van der Waals surface area contributed by atoms with Gasteiger partial charge in [-0.15, -0.1) is 0 Å². The van der Waals surface area contributed by atoms with Gasteiger partial charge in [0, 0.05) is 11.1 Å². The van der Waals surface area contributed by atoms with E-state index in [0.717, 1.165) is 0 Å². The van der Waals surface area contributed by atoms with Gasteiger partial charge in [-0.3, -0.25) is 9.59 Å². The van der Waals surface area contributed by atoms with Gasteiger partial charge in [0.2, 0.25) is 5.41 Å². The zero-order valence-corrected chi connectivity index (χ0v) is 8.23. The molecule has 0 aromatic heterocycles. The van der Waals surface area contributed by atoms with Crippen LogP contribution >= 0.6 is 0 Å². The number of carbonyl (C=O) groups is 2. The first-order chi connectivity index (χ1) is 7.64. The van der Waals surface area contributed by atoms with Crippen molar-refractivity contribution in [1.29, 1.82) is 10.5 Å². The first-order valence-electron chi connectivity index (χ1n) is 4.64. The minimum absolute atomic E-state index is 0.168. The number of hydrogen-bond donors (Lipinski definition) is 0. The summed E-state index contributed by atoms with van der Waals surface area (Å²) in [5.74, 6) is -0.911. The quantitative estimate of drug-likeness (QED) is 0.649. The number of fused-ring (bicyclic) bond motifs is 1. The Kier molecular flexibility index (Phi) is 2.07. The van der Waals surface area contributed by atoms with E-state index in [0.29, 0.717) is 5.56 Å². The third kappa shape index (κ3) is 1.14. The van der Waals surface area contributed by atoms with Gasteiger partial charge < -0.3 is 0 Å². The number of benzene rings is 1. The van der Waals surface area contributed by atoms with Gasteiger partial charge in [-0.25, -0.2) is 0 Å². The summed E-state index contributed by atoms with van der Waals surface area (Å²) in [6, 6.07) is 9.57. The Morgan fingerprint density at radius 1 is 1.06 bits per heavy atom. The Hall–Kier alpha value is -2.46. The van der Waals surface area contributed by atoms with E-state index < -0.39 is 11.2 Å². The van der Waals surface area contributed by atoms with Crippen LogP contribution in [0.5, 0.6) is 0 Å². The molecule has 0 spiro atoms. The summed E-state index contributed by atoms with van der Waals surface area (Å²) in [6.07, 6.45) is -0.351. The number of ketones is 2. The molecule has 2 rings (SSSR count). The molecule has 0 radical (unpaired) electrons. The highest BCUT2D eigenvalue weighted by Gasteiger charge is 2.47. The van der Waals surface area contributed by atoms with E-state index in [9.17, 15) is 9.59 Å². The van der Waals surface area contributed by atoms with Gasteiger partial charge in [0.05, 0.1) is 18.6 Å². The smallest absolute Gasteiger partial charge is 0.213 e. The second-order valence-corrected chi connectivity index (χ2v) is 3.60. The molecule has 4 nitrogen and oxygen atoms in total. The average molecular weight is 210 g/mol. The van der Waals surface area contributed by atoms with Crippen LogP contribution in [-0.4, -0.2) is 11.6 Å². The molecule has 16 heavy (non-hydrogen) atoms. The summed E-state index contributed by atoms with van der Waals surface area (Å²) in [5.41, 5.74) is -1.37. The molecule has 4 heteroatoms. The van der Waals surface area contributed by atoms with Gasteiger partial charge in [0.15, 0.2) is 11.6 Å². The van der Waals surface area contributed by atoms with Crippen LogP contribution in [0.25, 0.3) is 0 Å². The summed E-state index contributed by atoms with van der Waals surface area (Å²) >= 11 is 0. The molecule has 1 aromatic carbocycles. The molecule has 0 amide bonds. The predicted molar refractivity (Wildman–Crippen MR) is 53.4 cm³/mol. The first kappa shape index (κ1) is 10.1. The van der Waals surface area contributed by atoms with Gasteiger partial charge in [0.25, 0.3) is 0 Å². The Balaban J connectivity index is 2.69. The van der Waals surface area contributed by atoms with E-state index >= 15 is 0 Å². The molecule has 0 N–H and O–H groups in total. The maximum absolute atomic E-state index is 11.9. The predicted octanol–water partition coefficient (Wildman–Crippen LogP) is 1.49. The second-order valence-electron chi connectivity index (χ2n) is 3.60. The molecule has 0 unspecified atom stereocenters. The molecule has 0 bridgehead atoms. The van der Waals surface area contributed by atoms with Gasteiger partial charge >= 0.3 is 0 Å². The van der Waals surface area contributed by atoms with Crippen LogP contribution in [0.3, 0.4) is 0 Å². The Morgan fingerprint density at radius 3 is 2.19 bits per heavy atom. The van der Waals surface area contributed by atoms with E-state index in [1.54, 1.807) is 24.3 Å². The van der Waals surface area contributed by atoms with Crippen molar-refractivity contribution in [2.24, 2.45) is 5.41 Å². The fraction of sp³-hybridized carbons (Fsp3) is 0.167. The molecule has 1 aliphatic rings. The van der Waals surface area contributed by atoms with E-state index in [-0.39, 0.29) is 17.8 Å². The third-order valence-corrected chi connectivity index (χ3v) is 2.67. The lowest BCUT2D eigenvalue weighted by atomic mass is 9.72. The molecule has 0 atom stereocenters. The summed E-state index contributed by atoms with van der Waals surface area (Å²) in [4.78, 5) is 23.7. The van der Waals surface area contributed by atoms with Crippen molar-refractivity contribution < 1.29 is 9.59 Å². The third-order valence-electron chi connectivity index (χ3n) is 2.67. The van der Waals surface area contributed by atoms with Crippen molar-refractivity contribution >= 4 is 11.6 Å². The molecular formula is C12H6N2O2. The molecule has 0 saturated carbocycles. The van der Waals surface area contributed by atoms with Crippen LogP contribution in [-0.2, 0) is 0 Å². The van der Waals surface area contributed by atoms with Crippen molar-refractivity contribution in [3.63, 3.8) is 0 Å². The molecule has 0 aliphatic heterocycles. The summed E-state index contributed by atoms with van der Waals surface area (Å²) in [5, 5.41) is 17.8. The lowest BCUT2D eigenvalue weighted by Crippen LogP contribution is -2.36. The Bertz CT molecular complexity index is 561. The topological polar surface area (TPSA) is 81.7 Å². The van der Waals surface area contributed by atoms with E-state index in [1.807, 2.05) is 0 Å². The summed E-state index contributed by atoms with van der Waals surface area (Å²) in [7, 11) is 0. The molecule has 0 heterocycles. The molecule has 76 valence electrons. The van der Waals surface area contributed by atoms with Crippen LogP contribution in [0.2, 0.25) is 0 Å². The molecular weight excluding hydrogens is 204 g/mol. The lowest BCUT2D eigenvalue weighted by molar-refractivity contribution is 0.0809. The highest BCUT2D eigenvalue weighted by molar-refractivity contribution is 6.18. The number of Topliss-reactive ketones (excluding diaryl/α,β-unsaturated/α-hetero) is 2. The van der Waals surface area contributed by atoms with Crippen LogP contribution in [0.1, 0.15) is 27.1 Å². The van der Waals surface area contributed by atoms with Gasteiger partial charge in [-0.1, -0.05) is 24.3 Å². The maximum atomic E-state index is 11.9. The molecule has 0 fully saturated rings. The Labute approximate surface area is 91.7 Å². The van der Waals surface area contributed by atoms with Crippen molar-refractivity contribution in [2.75, 3.05) is 0 Å². The zero-order chi connectivity index (χ0) is 11.8. The average Bonchev–Trinajstić information content (AvgIpc) is 2.34. The maximum Gasteiger partial charge on any atom is 0.213 e. The van der Waals surface area contributed by atoms with Gasteiger partial charge in [-0.2, -0.15) is 10.5 Å². The van der Waals surface area contributed by atoms with Crippen molar-refractivity contribution in [3.05, 3.63) is 35.4 Å². The summed E-state index contributed by atoms with van der Waals surface area (Å²) in [6.45, 7) is 0. The van der Waals surface area contributed by atoms with E-state index in [2.05, 4.69) is 0 Å². The van der Waals surface area contributed by atoms with Crippen LogP contribution < -0.4 is 0 Å². The van der Waals surface area contributed by atoms with E-state index in [4.69, 9.17) is 10.5 Å². The largest absolute Gasteiger partial charge is 0.294 e. The zero-order valence-electron chi connectivity index (χ0n) is 8.23. The number of nitrogens with zero attached hydrogens (tertiary/aromatic N) is 2. The highest BCUT2D eigenvalue weighted by atomic mass is 16.1. The number of hydrogen-bond acceptors (Lipinski definition) is 4. The second kappa shape index (κ2) is 3.29. The normalized spacial score (nSPS) is 17.1. The lowest BCUT2D eigenvalue weighted by Gasteiger charge is -2.23.